The Kier molecular flexibility index (Phi) is 2.93. The van der Waals surface area contributed by atoms with Crippen molar-refractivity contribution >= 4 is 23.3 Å². The van der Waals surface area contributed by atoms with Gasteiger partial charge in [-0.05, 0) is 18.2 Å². The molecule has 1 rings (SSSR count). The first-order valence-electron chi connectivity index (χ1n) is 2.97. The highest BCUT2D eigenvalue weighted by Gasteiger charge is 2.10. The third kappa shape index (κ3) is 2.92. The van der Waals surface area contributed by atoms with Crippen molar-refractivity contribution in [3.8, 4) is 5.75 Å². The monoisotopic (exact) mass is 216 g/mol. The number of hydrogen-bond donors (Lipinski definition) is 2. The van der Waals surface area contributed by atoms with E-state index in [4.69, 9.17) is 10.0 Å². The molecule has 0 bridgehead atoms. The van der Waals surface area contributed by atoms with Gasteiger partial charge in [-0.3, -0.25) is 0 Å². The summed E-state index contributed by atoms with van der Waals surface area (Å²) in [5, 5.41) is 16.8. The third-order valence-corrected chi connectivity index (χ3v) is 1.53. The van der Waals surface area contributed by atoms with E-state index >= 15 is 0 Å². The Hall–Kier alpha value is -0.515. The van der Waals surface area contributed by atoms with Gasteiger partial charge in [-0.25, -0.2) is 0 Å². The molecule has 58 valence electrons. The van der Waals surface area contributed by atoms with Crippen molar-refractivity contribution in [3.63, 3.8) is 0 Å². The molecule has 0 aliphatic rings. The predicted molar refractivity (Wildman–Crippen MR) is 45.0 cm³/mol. The molecule has 0 saturated carbocycles. The lowest BCUT2D eigenvalue weighted by atomic mass is 10.2. The standard InChI is InChI=1S/C6H6BBrO3/c8-5-2-1-3-6(4-5)11-7(9)10/h1-4,9-10H. The maximum absolute atomic E-state index is 8.41. The second kappa shape index (κ2) is 3.76. The van der Waals surface area contributed by atoms with Crippen molar-refractivity contribution in [1.29, 1.82) is 0 Å². The maximum Gasteiger partial charge on any atom is 0.707 e. The molecule has 1 aromatic carbocycles. The molecule has 0 aliphatic heterocycles. The molecule has 0 aliphatic carbocycles. The molecule has 0 aromatic heterocycles. The zero-order valence-electron chi connectivity index (χ0n) is 5.57. The van der Waals surface area contributed by atoms with E-state index in [-0.39, 0.29) is 0 Å². The molecule has 0 fully saturated rings. The second-order valence-corrected chi connectivity index (χ2v) is 2.82. The van der Waals surface area contributed by atoms with Gasteiger partial charge in [-0.1, -0.05) is 22.0 Å². The van der Waals surface area contributed by atoms with E-state index in [9.17, 15) is 0 Å². The van der Waals surface area contributed by atoms with Crippen LogP contribution in [0.15, 0.2) is 28.7 Å². The molecule has 0 heterocycles. The summed E-state index contributed by atoms with van der Waals surface area (Å²) in [4.78, 5) is 0. The van der Waals surface area contributed by atoms with Crippen LogP contribution < -0.4 is 4.65 Å². The predicted octanol–water partition coefficient (Wildman–Crippen LogP) is 0.797. The number of rotatable bonds is 2. The molecule has 0 amide bonds. The van der Waals surface area contributed by atoms with E-state index in [1.165, 1.54) is 0 Å². The normalized spacial score (nSPS) is 9.36. The Balaban J connectivity index is 2.71. The Labute approximate surface area is 72.9 Å². The van der Waals surface area contributed by atoms with Gasteiger partial charge in [-0.2, -0.15) is 0 Å². The molecular weight excluding hydrogens is 211 g/mol. The lowest BCUT2D eigenvalue weighted by Crippen LogP contribution is -2.20. The van der Waals surface area contributed by atoms with Gasteiger partial charge in [0.2, 0.25) is 0 Å². The van der Waals surface area contributed by atoms with Crippen molar-refractivity contribution in [3.05, 3.63) is 28.7 Å². The van der Waals surface area contributed by atoms with Gasteiger partial charge >= 0.3 is 7.32 Å². The molecule has 0 radical (unpaired) electrons. The third-order valence-electron chi connectivity index (χ3n) is 1.04. The molecule has 0 unspecified atom stereocenters. The molecule has 11 heavy (non-hydrogen) atoms. The Morgan fingerprint density at radius 2 is 2.09 bits per heavy atom. The fourth-order valence-corrected chi connectivity index (χ4v) is 1.04. The number of benzene rings is 1. The SMILES string of the molecule is OB(O)Oc1cccc(Br)c1. The quantitative estimate of drug-likeness (QED) is 0.720. The summed E-state index contributed by atoms with van der Waals surface area (Å²) in [6.07, 6.45) is 0. The average Bonchev–Trinajstić information content (AvgIpc) is 1.85. The first kappa shape index (κ1) is 8.58. The topological polar surface area (TPSA) is 49.7 Å². The van der Waals surface area contributed by atoms with Crippen LogP contribution >= 0.6 is 15.9 Å². The van der Waals surface area contributed by atoms with E-state index in [2.05, 4.69) is 20.6 Å². The highest BCUT2D eigenvalue weighted by atomic mass is 79.9. The van der Waals surface area contributed by atoms with Crippen molar-refractivity contribution in [2.45, 2.75) is 0 Å². The summed E-state index contributed by atoms with van der Waals surface area (Å²) < 4.78 is 5.41. The van der Waals surface area contributed by atoms with Gasteiger partial charge < -0.3 is 14.7 Å². The van der Waals surface area contributed by atoms with Crippen LogP contribution in [-0.4, -0.2) is 17.4 Å². The van der Waals surface area contributed by atoms with Crippen LogP contribution in [0.5, 0.6) is 5.75 Å². The smallest absolute Gasteiger partial charge is 0.512 e. The van der Waals surface area contributed by atoms with Gasteiger partial charge in [-0.15, -0.1) is 0 Å². The number of hydrogen-bond acceptors (Lipinski definition) is 3. The van der Waals surface area contributed by atoms with Gasteiger partial charge in [0.1, 0.15) is 5.75 Å². The summed E-state index contributed by atoms with van der Waals surface area (Å²) in [7, 11) is -1.76. The van der Waals surface area contributed by atoms with E-state index < -0.39 is 7.32 Å². The first-order chi connectivity index (χ1) is 5.18. The molecule has 0 saturated heterocycles. The van der Waals surface area contributed by atoms with Crippen LogP contribution in [0.2, 0.25) is 0 Å². The summed E-state index contributed by atoms with van der Waals surface area (Å²) in [5.41, 5.74) is 0. The van der Waals surface area contributed by atoms with Crippen molar-refractivity contribution in [2.24, 2.45) is 0 Å². The minimum atomic E-state index is -1.76. The summed E-state index contributed by atoms with van der Waals surface area (Å²) in [6, 6.07) is 6.82. The minimum absolute atomic E-state index is 0.411. The fraction of sp³-hybridized carbons (Fsp3) is 0. The molecule has 2 N–H and O–H groups in total. The average molecular weight is 217 g/mol. The lowest BCUT2D eigenvalue weighted by Gasteiger charge is -2.03. The molecule has 5 heteroatoms. The largest absolute Gasteiger partial charge is 0.707 e. The van der Waals surface area contributed by atoms with E-state index in [0.717, 1.165) is 4.47 Å². The van der Waals surface area contributed by atoms with Gasteiger partial charge in [0.05, 0.1) is 0 Å². The molecule has 3 nitrogen and oxygen atoms in total. The highest BCUT2D eigenvalue weighted by molar-refractivity contribution is 9.10. The van der Waals surface area contributed by atoms with Crippen LogP contribution in [0.3, 0.4) is 0 Å². The van der Waals surface area contributed by atoms with Gasteiger partial charge in [0, 0.05) is 4.47 Å². The second-order valence-electron chi connectivity index (χ2n) is 1.90. The van der Waals surface area contributed by atoms with Crippen LogP contribution in [0, 0.1) is 0 Å². The summed E-state index contributed by atoms with van der Waals surface area (Å²) in [6.45, 7) is 0. The molecular formula is C6H6BBrO3. The summed E-state index contributed by atoms with van der Waals surface area (Å²) >= 11 is 3.21. The molecule has 0 spiro atoms. The van der Waals surface area contributed by atoms with E-state index in [1.807, 2.05) is 6.07 Å². The molecule has 1 aromatic rings. The first-order valence-corrected chi connectivity index (χ1v) is 3.76. The van der Waals surface area contributed by atoms with Crippen molar-refractivity contribution < 1.29 is 14.7 Å². The van der Waals surface area contributed by atoms with E-state index in [1.54, 1.807) is 18.2 Å². The Morgan fingerprint density at radius 3 is 2.64 bits per heavy atom. The zero-order chi connectivity index (χ0) is 8.27. The summed E-state index contributed by atoms with van der Waals surface area (Å²) in [5.74, 6) is 0.411. The van der Waals surface area contributed by atoms with Gasteiger partial charge in [0.25, 0.3) is 0 Å². The zero-order valence-corrected chi connectivity index (χ0v) is 7.15. The maximum atomic E-state index is 8.41. The highest BCUT2D eigenvalue weighted by Crippen LogP contribution is 2.17. The van der Waals surface area contributed by atoms with E-state index in [0.29, 0.717) is 5.75 Å². The van der Waals surface area contributed by atoms with Crippen molar-refractivity contribution in [2.75, 3.05) is 0 Å². The van der Waals surface area contributed by atoms with Crippen molar-refractivity contribution in [1.82, 2.24) is 0 Å². The van der Waals surface area contributed by atoms with Crippen LogP contribution in [0.4, 0.5) is 0 Å². The van der Waals surface area contributed by atoms with Gasteiger partial charge in [0.15, 0.2) is 0 Å². The lowest BCUT2D eigenvalue weighted by molar-refractivity contribution is 0.288. The minimum Gasteiger partial charge on any atom is -0.512 e. The fourth-order valence-electron chi connectivity index (χ4n) is 0.662. The van der Waals surface area contributed by atoms with Crippen LogP contribution in [-0.2, 0) is 0 Å². The Morgan fingerprint density at radius 1 is 1.36 bits per heavy atom. The molecule has 0 atom stereocenters. The number of halogens is 1. The van der Waals surface area contributed by atoms with Crippen LogP contribution in [0.25, 0.3) is 0 Å². The van der Waals surface area contributed by atoms with Crippen LogP contribution in [0.1, 0.15) is 0 Å². The Bertz CT molecular complexity index is 241.